The number of aromatic amines is 1. The van der Waals surface area contributed by atoms with Gasteiger partial charge in [0.2, 0.25) is 5.91 Å². The first-order chi connectivity index (χ1) is 14.6. The molecule has 164 valence electrons. The summed E-state index contributed by atoms with van der Waals surface area (Å²) in [5, 5.41) is 10.2. The van der Waals surface area contributed by atoms with Crippen molar-refractivity contribution in [3.05, 3.63) is 69.0 Å². The van der Waals surface area contributed by atoms with Crippen molar-refractivity contribution in [1.29, 1.82) is 0 Å². The van der Waals surface area contributed by atoms with Crippen LogP contribution in [0.4, 0.5) is 0 Å². The maximum absolute atomic E-state index is 12.6. The number of aromatic nitrogens is 3. The van der Waals surface area contributed by atoms with Crippen LogP contribution < -0.4 is 5.32 Å². The summed E-state index contributed by atoms with van der Waals surface area (Å²) >= 11 is 5.35. The van der Waals surface area contributed by atoms with E-state index < -0.39 is 0 Å². The van der Waals surface area contributed by atoms with Gasteiger partial charge in [-0.05, 0) is 73.1 Å². The van der Waals surface area contributed by atoms with E-state index in [1.807, 2.05) is 31.2 Å². The maximum Gasteiger partial charge on any atom is 0.240 e. The molecule has 0 fully saturated rings. The third kappa shape index (κ3) is 5.50. The molecule has 1 heterocycles. The van der Waals surface area contributed by atoms with Gasteiger partial charge in [-0.3, -0.25) is 14.5 Å². The van der Waals surface area contributed by atoms with Crippen LogP contribution in [0.1, 0.15) is 48.6 Å². The minimum absolute atomic E-state index is 0.0759. The van der Waals surface area contributed by atoms with E-state index in [0.717, 1.165) is 17.5 Å². The van der Waals surface area contributed by atoms with E-state index in [9.17, 15) is 4.79 Å². The molecule has 2 N–H and O–H groups in total. The summed E-state index contributed by atoms with van der Waals surface area (Å²) in [6, 6.07) is 12.5. The van der Waals surface area contributed by atoms with Gasteiger partial charge >= 0.3 is 0 Å². The van der Waals surface area contributed by atoms with Gasteiger partial charge in [0.1, 0.15) is 6.54 Å². The minimum atomic E-state index is -0.0759. The predicted octanol–water partition coefficient (Wildman–Crippen LogP) is 5.19. The molecular weight excluding hydrogens is 404 g/mol. The van der Waals surface area contributed by atoms with Gasteiger partial charge in [0, 0.05) is 12.1 Å². The smallest absolute Gasteiger partial charge is 0.240 e. The van der Waals surface area contributed by atoms with Crippen molar-refractivity contribution >= 4 is 18.1 Å². The Morgan fingerprint density at radius 1 is 1.13 bits per heavy atom. The number of rotatable bonds is 6. The quantitative estimate of drug-likeness (QED) is 0.523. The zero-order valence-electron chi connectivity index (χ0n) is 19.3. The number of carbonyl (C=O) groups is 1. The lowest BCUT2D eigenvalue weighted by Gasteiger charge is -2.22. The summed E-state index contributed by atoms with van der Waals surface area (Å²) in [5.74, 6) is 0.598. The Morgan fingerprint density at radius 3 is 2.42 bits per heavy atom. The minimum Gasteiger partial charge on any atom is -0.354 e. The van der Waals surface area contributed by atoms with Crippen molar-refractivity contribution in [3.63, 3.8) is 0 Å². The van der Waals surface area contributed by atoms with Gasteiger partial charge in [-0.2, -0.15) is 5.10 Å². The van der Waals surface area contributed by atoms with Crippen LogP contribution >= 0.6 is 12.2 Å². The van der Waals surface area contributed by atoms with Gasteiger partial charge < -0.3 is 5.32 Å². The van der Waals surface area contributed by atoms with Crippen LogP contribution in [-0.4, -0.2) is 27.2 Å². The van der Waals surface area contributed by atoms with Gasteiger partial charge in [0.05, 0.1) is 0 Å². The summed E-state index contributed by atoms with van der Waals surface area (Å²) in [7, 11) is 0. The Kier molecular flexibility index (Phi) is 6.80. The lowest BCUT2D eigenvalue weighted by Crippen LogP contribution is -2.30. The average Bonchev–Trinajstić information content (AvgIpc) is 3.03. The molecule has 0 atom stereocenters. The number of H-pyrrole nitrogens is 1. The first-order valence-corrected chi connectivity index (χ1v) is 11.1. The zero-order chi connectivity index (χ0) is 22.8. The fraction of sp³-hybridized carbons (Fsp3) is 0.400. The van der Waals surface area contributed by atoms with Crippen LogP contribution in [-0.2, 0) is 23.2 Å². The Bertz CT molecular complexity index is 1130. The first kappa shape index (κ1) is 22.9. The van der Waals surface area contributed by atoms with Gasteiger partial charge in [-0.25, -0.2) is 0 Å². The van der Waals surface area contributed by atoms with Gasteiger partial charge in [-0.15, -0.1) is 0 Å². The van der Waals surface area contributed by atoms with Crippen LogP contribution in [0.5, 0.6) is 0 Å². The van der Waals surface area contributed by atoms with E-state index in [1.165, 1.54) is 22.3 Å². The molecule has 3 aromatic rings. The predicted molar refractivity (Wildman–Crippen MR) is 129 cm³/mol. The van der Waals surface area contributed by atoms with Gasteiger partial charge in [0.25, 0.3) is 0 Å². The fourth-order valence-corrected chi connectivity index (χ4v) is 4.01. The van der Waals surface area contributed by atoms with Crippen molar-refractivity contribution in [2.75, 3.05) is 6.54 Å². The standard InChI is InChI=1S/C25H32N4OS/c1-16-8-7-9-19(12-16)23-27-28-24(31)29(23)15-22(30)26-11-10-21-17(2)13-20(14-18(21)3)25(4,5)6/h7-9,12-14H,10-11,15H2,1-6H3,(H,26,30)(H,28,31). The molecule has 0 saturated carbocycles. The Morgan fingerprint density at radius 2 is 1.81 bits per heavy atom. The van der Waals surface area contributed by atoms with Gasteiger partial charge in [-0.1, -0.05) is 56.7 Å². The molecule has 5 nitrogen and oxygen atoms in total. The highest BCUT2D eigenvalue weighted by Crippen LogP contribution is 2.27. The second-order valence-electron chi connectivity index (χ2n) is 9.25. The lowest BCUT2D eigenvalue weighted by molar-refractivity contribution is -0.121. The van der Waals surface area contributed by atoms with Crippen molar-refractivity contribution in [2.45, 2.75) is 59.9 Å². The van der Waals surface area contributed by atoms with E-state index in [4.69, 9.17) is 12.2 Å². The SMILES string of the molecule is Cc1cccc(-c2n[nH]c(=S)n2CC(=O)NCCc2c(C)cc(C(C)(C)C)cc2C)c1. The Balaban J connectivity index is 1.66. The Hall–Kier alpha value is -2.73. The number of nitrogens with zero attached hydrogens (tertiary/aromatic N) is 2. The van der Waals surface area contributed by atoms with Crippen molar-refractivity contribution < 1.29 is 4.79 Å². The highest BCUT2D eigenvalue weighted by molar-refractivity contribution is 7.71. The Labute approximate surface area is 189 Å². The van der Waals surface area contributed by atoms with Crippen LogP contribution in [0.3, 0.4) is 0 Å². The largest absolute Gasteiger partial charge is 0.354 e. The molecular formula is C25H32N4OS. The molecule has 3 rings (SSSR count). The molecule has 0 saturated heterocycles. The monoisotopic (exact) mass is 436 g/mol. The molecule has 0 aliphatic rings. The molecule has 0 spiro atoms. The molecule has 0 aliphatic carbocycles. The van der Waals surface area contributed by atoms with E-state index in [-0.39, 0.29) is 17.9 Å². The lowest BCUT2D eigenvalue weighted by atomic mass is 9.83. The summed E-state index contributed by atoms with van der Waals surface area (Å²) < 4.78 is 2.18. The highest BCUT2D eigenvalue weighted by atomic mass is 32.1. The number of hydrogen-bond acceptors (Lipinski definition) is 3. The summed E-state index contributed by atoms with van der Waals surface area (Å²) in [6.07, 6.45) is 0.801. The molecule has 1 aromatic heterocycles. The number of amides is 1. The van der Waals surface area contributed by atoms with E-state index >= 15 is 0 Å². The summed E-state index contributed by atoms with van der Waals surface area (Å²) in [6.45, 7) is 13.7. The van der Waals surface area contributed by atoms with Gasteiger partial charge in [0.15, 0.2) is 10.6 Å². The molecule has 6 heteroatoms. The van der Waals surface area contributed by atoms with Crippen molar-refractivity contribution in [1.82, 2.24) is 20.1 Å². The number of aryl methyl sites for hydroxylation is 3. The second kappa shape index (κ2) is 9.18. The molecule has 0 radical (unpaired) electrons. The molecule has 0 aliphatic heterocycles. The zero-order valence-corrected chi connectivity index (χ0v) is 20.1. The van der Waals surface area contributed by atoms with Crippen LogP contribution in [0.25, 0.3) is 11.4 Å². The normalized spacial score (nSPS) is 11.5. The molecule has 0 bridgehead atoms. The van der Waals surface area contributed by atoms with Crippen LogP contribution in [0.15, 0.2) is 36.4 Å². The van der Waals surface area contributed by atoms with E-state index in [0.29, 0.717) is 17.1 Å². The average molecular weight is 437 g/mol. The molecule has 0 unspecified atom stereocenters. The highest BCUT2D eigenvalue weighted by Gasteiger charge is 2.17. The van der Waals surface area contributed by atoms with E-state index in [1.54, 1.807) is 4.57 Å². The topological polar surface area (TPSA) is 62.7 Å². The number of carbonyl (C=O) groups excluding carboxylic acids is 1. The summed E-state index contributed by atoms with van der Waals surface area (Å²) in [5.41, 5.74) is 7.38. The van der Waals surface area contributed by atoms with E-state index in [2.05, 4.69) is 62.3 Å². The van der Waals surface area contributed by atoms with Crippen molar-refractivity contribution in [3.8, 4) is 11.4 Å². The maximum atomic E-state index is 12.6. The van der Waals surface area contributed by atoms with Crippen LogP contribution in [0.2, 0.25) is 0 Å². The number of nitrogens with one attached hydrogen (secondary N) is 2. The number of hydrogen-bond donors (Lipinski definition) is 2. The third-order valence-electron chi connectivity index (χ3n) is 5.60. The fourth-order valence-electron chi connectivity index (χ4n) is 3.82. The van der Waals surface area contributed by atoms with Crippen molar-refractivity contribution in [2.24, 2.45) is 0 Å². The first-order valence-electron chi connectivity index (χ1n) is 10.7. The van der Waals surface area contributed by atoms with Crippen LogP contribution in [0, 0.1) is 25.5 Å². The molecule has 31 heavy (non-hydrogen) atoms. The third-order valence-corrected chi connectivity index (χ3v) is 5.91. The molecule has 2 aromatic carbocycles. The summed E-state index contributed by atoms with van der Waals surface area (Å²) in [4.78, 5) is 12.6. The second-order valence-corrected chi connectivity index (χ2v) is 9.63. The molecule has 1 amide bonds. The number of benzene rings is 2.